The molecular formula is C22H20N2O4S. The minimum atomic E-state index is -0.377. The fourth-order valence-electron chi connectivity index (χ4n) is 2.44. The highest BCUT2D eigenvalue weighted by molar-refractivity contribution is 7.80. The maximum absolute atomic E-state index is 12.0. The Morgan fingerprint density at radius 1 is 0.862 bits per heavy atom. The SMILES string of the molecule is COc1ccccc1OCC(=O)NC(=S)Nc1ccc(Oc2ccccc2)cc1. The zero-order chi connectivity index (χ0) is 20.5. The second-order valence-corrected chi connectivity index (χ2v) is 6.29. The summed E-state index contributed by atoms with van der Waals surface area (Å²) < 4.78 is 16.4. The molecule has 2 N–H and O–H groups in total. The van der Waals surface area contributed by atoms with Crippen LogP contribution in [0.15, 0.2) is 78.9 Å². The van der Waals surface area contributed by atoms with E-state index in [2.05, 4.69) is 10.6 Å². The number of hydrogen-bond donors (Lipinski definition) is 2. The molecule has 0 bridgehead atoms. The lowest BCUT2D eigenvalue weighted by Gasteiger charge is -2.12. The van der Waals surface area contributed by atoms with Crippen LogP contribution in [-0.2, 0) is 4.79 Å². The summed E-state index contributed by atoms with van der Waals surface area (Å²) >= 11 is 5.18. The fraction of sp³-hybridized carbons (Fsp3) is 0.0909. The first kappa shape index (κ1) is 20.2. The highest BCUT2D eigenvalue weighted by Gasteiger charge is 2.09. The highest BCUT2D eigenvalue weighted by atomic mass is 32.1. The smallest absolute Gasteiger partial charge is 0.264 e. The van der Waals surface area contributed by atoms with Crippen LogP contribution in [0.1, 0.15) is 0 Å². The molecule has 0 spiro atoms. The Balaban J connectivity index is 1.46. The van der Waals surface area contributed by atoms with Gasteiger partial charge in [-0.3, -0.25) is 10.1 Å². The number of hydrogen-bond acceptors (Lipinski definition) is 5. The van der Waals surface area contributed by atoms with Crippen LogP contribution in [0.3, 0.4) is 0 Å². The second-order valence-electron chi connectivity index (χ2n) is 5.88. The van der Waals surface area contributed by atoms with Crippen molar-refractivity contribution >= 4 is 28.9 Å². The van der Waals surface area contributed by atoms with E-state index in [0.29, 0.717) is 17.2 Å². The summed E-state index contributed by atoms with van der Waals surface area (Å²) in [6.45, 7) is -0.188. The minimum absolute atomic E-state index is 0.176. The predicted molar refractivity (Wildman–Crippen MR) is 116 cm³/mol. The van der Waals surface area contributed by atoms with Crippen molar-refractivity contribution in [3.8, 4) is 23.0 Å². The second kappa shape index (κ2) is 10.1. The van der Waals surface area contributed by atoms with Crippen LogP contribution in [0.25, 0.3) is 0 Å². The van der Waals surface area contributed by atoms with E-state index >= 15 is 0 Å². The van der Waals surface area contributed by atoms with E-state index in [0.717, 1.165) is 11.4 Å². The molecule has 0 aliphatic carbocycles. The first-order valence-corrected chi connectivity index (χ1v) is 9.24. The van der Waals surface area contributed by atoms with Crippen molar-refractivity contribution in [1.29, 1.82) is 0 Å². The number of thiocarbonyl (C=S) groups is 1. The maximum Gasteiger partial charge on any atom is 0.264 e. The number of ether oxygens (including phenoxy) is 3. The number of carbonyl (C=O) groups is 1. The van der Waals surface area contributed by atoms with E-state index in [1.54, 1.807) is 18.2 Å². The summed E-state index contributed by atoms with van der Waals surface area (Å²) in [5.74, 6) is 2.11. The van der Waals surface area contributed by atoms with E-state index in [1.807, 2.05) is 60.7 Å². The Morgan fingerprint density at radius 2 is 1.48 bits per heavy atom. The molecule has 0 aromatic heterocycles. The third kappa shape index (κ3) is 6.22. The summed E-state index contributed by atoms with van der Waals surface area (Å²) in [4.78, 5) is 12.0. The van der Waals surface area contributed by atoms with Crippen LogP contribution >= 0.6 is 12.2 Å². The zero-order valence-corrected chi connectivity index (χ0v) is 16.6. The van der Waals surface area contributed by atoms with Gasteiger partial charge in [0.15, 0.2) is 23.2 Å². The van der Waals surface area contributed by atoms with Gasteiger partial charge in [0.2, 0.25) is 0 Å². The highest BCUT2D eigenvalue weighted by Crippen LogP contribution is 2.25. The van der Waals surface area contributed by atoms with Crippen molar-refractivity contribution in [2.45, 2.75) is 0 Å². The molecule has 0 aliphatic heterocycles. The quantitative estimate of drug-likeness (QED) is 0.566. The first-order chi connectivity index (χ1) is 14.1. The van der Waals surface area contributed by atoms with Gasteiger partial charge in [0, 0.05) is 5.69 Å². The number of rotatable bonds is 7. The molecule has 0 atom stereocenters. The van der Waals surface area contributed by atoms with Crippen LogP contribution < -0.4 is 24.8 Å². The van der Waals surface area contributed by atoms with Gasteiger partial charge in [-0.05, 0) is 60.7 Å². The van der Waals surface area contributed by atoms with Gasteiger partial charge in [-0.15, -0.1) is 0 Å². The Hall–Kier alpha value is -3.58. The molecule has 3 rings (SSSR count). The van der Waals surface area contributed by atoms with Crippen LogP contribution in [-0.4, -0.2) is 24.7 Å². The van der Waals surface area contributed by atoms with Crippen LogP contribution in [0, 0.1) is 0 Å². The largest absolute Gasteiger partial charge is 0.493 e. The fourth-order valence-corrected chi connectivity index (χ4v) is 2.67. The van der Waals surface area contributed by atoms with Crippen molar-refractivity contribution in [1.82, 2.24) is 5.32 Å². The van der Waals surface area contributed by atoms with Crippen molar-refractivity contribution in [2.75, 3.05) is 19.0 Å². The molecule has 0 saturated heterocycles. The molecule has 1 amide bonds. The molecule has 6 nitrogen and oxygen atoms in total. The van der Waals surface area contributed by atoms with Gasteiger partial charge in [0.25, 0.3) is 5.91 Å². The molecule has 3 aromatic carbocycles. The Bertz CT molecular complexity index is 962. The third-order valence-electron chi connectivity index (χ3n) is 3.77. The van der Waals surface area contributed by atoms with Crippen molar-refractivity contribution in [3.05, 3.63) is 78.9 Å². The maximum atomic E-state index is 12.0. The van der Waals surface area contributed by atoms with E-state index < -0.39 is 0 Å². The predicted octanol–water partition coefficient (Wildman–Crippen LogP) is 4.38. The van der Waals surface area contributed by atoms with Crippen molar-refractivity contribution in [3.63, 3.8) is 0 Å². The number of nitrogens with one attached hydrogen (secondary N) is 2. The zero-order valence-electron chi connectivity index (χ0n) is 15.8. The summed E-state index contributed by atoms with van der Waals surface area (Å²) in [5.41, 5.74) is 0.723. The molecule has 29 heavy (non-hydrogen) atoms. The van der Waals surface area contributed by atoms with Gasteiger partial charge < -0.3 is 19.5 Å². The van der Waals surface area contributed by atoms with Crippen LogP contribution in [0.2, 0.25) is 0 Å². The normalized spacial score (nSPS) is 9.97. The molecule has 0 radical (unpaired) electrons. The van der Waals surface area contributed by atoms with Crippen molar-refractivity contribution in [2.24, 2.45) is 0 Å². The van der Waals surface area contributed by atoms with Crippen molar-refractivity contribution < 1.29 is 19.0 Å². The lowest BCUT2D eigenvalue weighted by molar-refractivity contribution is -0.121. The summed E-state index contributed by atoms with van der Waals surface area (Å²) in [7, 11) is 1.54. The number of anilines is 1. The lowest BCUT2D eigenvalue weighted by atomic mass is 10.3. The topological polar surface area (TPSA) is 68.8 Å². The average molecular weight is 408 g/mol. The molecule has 148 valence electrons. The van der Waals surface area contributed by atoms with Gasteiger partial charge in [0.1, 0.15) is 11.5 Å². The third-order valence-corrected chi connectivity index (χ3v) is 3.98. The van der Waals surface area contributed by atoms with Crippen LogP contribution in [0.5, 0.6) is 23.0 Å². The monoisotopic (exact) mass is 408 g/mol. The number of methoxy groups -OCH3 is 1. The Morgan fingerprint density at radius 3 is 2.17 bits per heavy atom. The molecule has 3 aromatic rings. The molecule has 0 fully saturated rings. The number of benzene rings is 3. The molecule has 0 heterocycles. The van der Waals surface area contributed by atoms with E-state index in [-0.39, 0.29) is 17.6 Å². The molecule has 0 saturated carbocycles. The molecule has 7 heteroatoms. The van der Waals surface area contributed by atoms with E-state index in [4.69, 9.17) is 26.4 Å². The number of amides is 1. The summed E-state index contributed by atoms with van der Waals surface area (Å²) in [5, 5.41) is 5.70. The molecule has 0 unspecified atom stereocenters. The number of para-hydroxylation sites is 3. The van der Waals surface area contributed by atoms with E-state index in [9.17, 15) is 4.79 Å². The first-order valence-electron chi connectivity index (χ1n) is 8.83. The summed E-state index contributed by atoms with van der Waals surface area (Å²) in [6, 6.07) is 23.8. The Labute approximate surface area is 174 Å². The molecular weight excluding hydrogens is 388 g/mol. The van der Waals surface area contributed by atoms with E-state index in [1.165, 1.54) is 7.11 Å². The van der Waals surface area contributed by atoms with Gasteiger partial charge in [-0.25, -0.2) is 0 Å². The lowest BCUT2D eigenvalue weighted by Crippen LogP contribution is -2.37. The van der Waals surface area contributed by atoms with Gasteiger partial charge in [-0.1, -0.05) is 30.3 Å². The molecule has 0 aliphatic rings. The van der Waals surface area contributed by atoms with Gasteiger partial charge in [0.05, 0.1) is 7.11 Å². The Kier molecular flexibility index (Phi) is 7.02. The van der Waals surface area contributed by atoms with Gasteiger partial charge >= 0.3 is 0 Å². The standard InChI is InChI=1S/C22H20N2O4S/c1-26-19-9-5-6-10-20(19)27-15-21(25)24-22(29)23-16-11-13-18(14-12-16)28-17-7-3-2-4-8-17/h2-14H,15H2,1H3,(H2,23,24,25,29). The average Bonchev–Trinajstić information content (AvgIpc) is 2.74. The summed E-state index contributed by atoms with van der Waals surface area (Å²) in [6.07, 6.45) is 0. The van der Waals surface area contributed by atoms with Crippen LogP contribution in [0.4, 0.5) is 5.69 Å². The van der Waals surface area contributed by atoms with Gasteiger partial charge in [-0.2, -0.15) is 0 Å². The number of carbonyl (C=O) groups excluding carboxylic acids is 1. The minimum Gasteiger partial charge on any atom is -0.493 e.